The summed E-state index contributed by atoms with van der Waals surface area (Å²) in [6.45, 7) is 0. The van der Waals surface area contributed by atoms with E-state index in [9.17, 15) is 0 Å². The molecule has 0 N–H and O–H groups in total. The fourth-order valence-corrected chi connectivity index (χ4v) is 1.80. The van der Waals surface area contributed by atoms with Crippen LogP contribution in [0.25, 0.3) is 0 Å². The van der Waals surface area contributed by atoms with Gasteiger partial charge in [-0.15, -0.1) is 0 Å². The molecular weight excluding hydrogens is 215 g/mol. The Kier molecular flexibility index (Phi) is 2.17. The molecule has 1 aliphatic rings. The average molecular weight is 227 g/mol. The second kappa shape index (κ2) is 3.69. The minimum Gasteiger partial charge on any atom is -0.343 e. The van der Waals surface area contributed by atoms with E-state index in [1.54, 1.807) is 12.4 Å². The molecule has 0 bridgehead atoms. The van der Waals surface area contributed by atoms with Crippen LogP contribution in [0.15, 0.2) is 37.2 Å². The number of hydrogen-bond donors (Lipinski definition) is 0. The fourth-order valence-electron chi connectivity index (χ4n) is 1.80. The Labute approximate surface area is 100 Å². The lowest BCUT2D eigenvalue weighted by Gasteiger charge is -2.17. The number of anilines is 2. The summed E-state index contributed by atoms with van der Waals surface area (Å²) in [5.74, 6) is 1.75. The SMILES string of the molecule is Cn1ccnc1N1[B]N(c2nccn2C)C=C1. The van der Waals surface area contributed by atoms with Gasteiger partial charge in [-0.3, -0.25) is 0 Å². The monoisotopic (exact) mass is 227 g/mol. The Morgan fingerprint density at radius 3 is 1.71 bits per heavy atom. The van der Waals surface area contributed by atoms with Gasteiger partial charge in [0.15, 0.2) is 11.9 Å². The van der Waals surface area contributed by atoms with Crippen molar-refractivity contribution in [3.05, 3.63) is 37.2 Å². The zero-order valence-electron chi connectivity index (χ0n) is 9.72. The minimum absolute atomic E-state index is 0.873. The minimum atomic E-state index is 0.873. The van der Waals surface area contributed by atoms with Crippen LogP contribution in [0.1, 0.15) is 0 Å². The lowest BCUT2D eigenvalue weighted by Crippen LogP contribution is -2.32. The van der Waals surface area contributed by atoms with E-state index in [2.05, 4.69) is 9.97 Å². The molecule has 0 atom stereocenters. The van der Waals surface area contributed by atoms with Crippen LogP contribution in [-0.4, -0.2) is 26.7 Å². The van der Waals surface area contributed by atoms with Gasteiger partial charge in [0, 0.05) is 51.3 Å². The zero-order chi connectivity index (χ0) is 11.8. The summed E-state index contributed by atoms with van der Waals surface area (Å²) >= 11 is 0. The lowest BCUT2D eigenvalue weighted by molar-refractivity contribution is 0.902. The summed E-state index contributed by atoms with van der Waals surface area (Å²) in [6.07, 6.45) is 11.3. The maximum atomic E-state index is 4.29. The molecule has 85 valence electrons. The fraction of sp³-hybridized carbons (Fsp3) is 0.200. The third-order valence-electron chi connectivity index (χ3n) is 2.69. The van der Waals surface area contributed by atoms with E-state index in [1.165, 1.54) is 0 Å². The maximum Gasteiger partial charge on any atom is 0.405 e. The molecule has 3 heterocycles. The standard InChI is InChI=1S/C10H12BN6/c1-14-5-3-12-9(14)16-7-8-17(11-16)10-13-4-6-15(10)2/h3-8H,1-2H3. The van der Waals surface area contributed by atoms with Gasteiger partial charge in [-0.25, -0.2) is 9.97 Å². The van der Waals surface area contributed by atoms with Crippen LogP contribution in [0.2, 0.25) is 0 Å². The summed E-state index contributed by atoms with van der Waals surface area (Å²) < 4.78 is 3.92. The van der Waals surface area contributed by atoms with Crippen molar-refractivity contribution < 1.29 is 0 Å². The third kappa shape index (κ3) is 1.59. The molecule has 0 saturated heterocycles. The van der Waals surface area contributed by atoms with Crippen LogP contribution in [0.3, 0.4) is 0 Å². The number of aromatic nitrogens is 4. The van der Waals surface area contributed by atoms with E-state index in [0.717, 1.165) is 11.9 Å². The molecule has 3 rings (SSSR count). The molecule has 0 aliphatic carbocycles. The summed E-state index contributed by atoms with van der Waals surface area (Å²) in [6, 6.07) is 0. The summed E-state index contributed by atoms with van der Waals surface area (Å²) in [4.78, 5) is 12.5. The Bertz CT molecular complexity index is 508. The Hall–Kier alpha value is -2.18. The van der Waals surface area contributed by atoms with Crippen LogP contribution in [-0.2, 0) is 14.1 Å². The van der Waals surface area contributed by atoms with E-state index in [-0.39, 0.29) is 0 Å². The Morgan fingerprint density at radius 2 is 1.35 bits per heavy atom. The van der Waals surface area contributed by atoms with Gasteiger partial charge in [-0.2, -0.15) is 0 Å². The number of nitrogens with zero attached hydrogens (tertiary/aromatic N) is 6. The van der Waals surface area contributed by atoms with E-state index < -0.39 is 0 Å². The molecule has 0 spiro atoms. The third-order valence-corrected chi connectivity index (χ3v) is 2.69. The zero-order valence-corrected chi connectivity index (χ0v) is 9.72. The molecule has 0 unspecified atom stereocenters. The number of hydrogen-bond acceptors (Lipinski definition) is 4. The van der Waals surface area contributed by atoms with Crippen LogP contribution in [0.4, 0.5) is 11.9 Å². The molecule has 1 aliphatic heterocycles. The predicted octanol–water partition coefficient (Wildman–Crippen LogP) is 0.486. The summed E-state index contributed by atoms with van der Waals surface area (Å²) in [7, 11) is 5.88. The summed E-state index contributed by atoms with van der Waals surface area (Å²) in [5.41, 5.74) is 0. The highest BCUT2D eigenvalue weighted by Gasteiger charge is 2.23. The largest absolute Gasteiger partial charge is 0.405 e. The normalized spacial score (nSPS) is 14.5. The topological polar surface area (TPSA) is 42.1 Å². The Morgan fingerprint density at radius 1 is 0.882 bits per heavy atom. The summed E-state index contributed by atoms with van der Waals surface area (Å²) in [5, 5.41) is 0. The van der Waals surface area contributed by atoms with Gasteiger partial charge < -0.3 is 18.8 Å². The quantitative estimate of drug-likeness (QED) is 0.700. The molecule has 0 aromatic carbocycles. The molecule has 7 heteroatoms. The second-order valence-electron chi connectivity index (χ2n) is 3.90. The van der Waals surface area contributed by atoms with Gasteiger partial charge in [-0.1, -0.05) is 0 Å². The maximum absolute atomic E-state index is 4.29. The molecule has 6 nitrogen and oxygen atoms in total. The van der Waals surface area contributed by atoms with Gasteiger partial charge in [0.2, 0.25) is 0 Å². The molecule has 1 radical (unpaired) electrons. The molecule has 0 amide bonds. The van der Waals surface area contributed by atoms with E-state index in [4.69, 9.17) is 0 Å². The van der Waals surface area contributed by atoms with Crippen molar-refractivity contribution in [2.45, 2.75) is 0 Å². The van der Waals surface area contributed by atoms with Crippen LogP contribution in [0, 0.1) is 0 Å². The first kappa shape index (κ1) is 10.0. The number of aryl methyl sites for hydroxylation is 2. The van der Waals surface area contributed by atoms with Crippen molar-refractivity contribution >= 4 is 19.4 Å². The number of imidazole rings is 2. The van der Waals surface area contributed by atoms with Crippen molar-refractivity contribution in [1.29, 1.82) is 0 Å². The number of rotatable bonds is 2. The van der Waals surface area contributed by atoms with Crippen molar-refractivity contribution in [3.63, 3.8) is 0 Å². The van der Waals surface area contributed by atoms with Gasteiger partial charge >= 0.3 is 7.55 Å². The predicted molar refractivity (Wildman–Crippen MR) is 66.3 cm³/mol. The van der Waals surface area contributed by atoms with Crippen LogP contribution >= 0.6 is 0 Å². The molecule has 2 aromatic heterocycles. The highest BCUT2D eigenvalue weighted by Crippen LogP contribution is 2.18. The van der Waals surface area contributed by atoms with Crippen molar-refractivity contribution in [3.8, 4) is 0 Å². The van der Waals surface area contributed by atoms with Crippen molar-refractivity contribution in [2.24, 2.45) is 14.1 Å². The first-order valence-corrected chi connectivity index (χ1v) is 5.30. The molecular formula is C10H12BN6. The lowest BCUT2D eigenvalue weighted by atomic mass is 10.1. The second-order valence-corrected chi connectivity index (χ2v) is 3.90. The highest BCUT2D eigenvalue weighted by molar-refractivity contribution is 6.49. The van der Waals surface area contributed by atoms with Crippen LogP contribution in [0.5, 0.6) is 0 Å². The van der Waals surface area contributed by atoms with Gasteiger partial charge in [0.05, 0.1) is 0 Å². The van der Waals surface area contributed by atoms with E-state index >= 15 is 0 Å². The van der Waals surface area contributed by atoms with E-state index in [0.29, 0.717) is 0 Å². The molecule has 0 saturated carbocycles. The van der Waals surface area contributed by atoms with Gasteiger partial charge in [-0.05, 0) is 0 Å². The van der Waals surface area contributed by atoms with Gasteiger partial charge in [0.25, 0.3) is 0 Å². The van der Waals surface area contributed by atoms with Crippen molar-refractivity contribution in [2.75, 3.05) is 9.62 Å². The van der Waals surface area contributed by atoms with Gasteiger partial charge in [0.1, 0.15) is 0 Å². The first-order chi connectivity index (χ1) is 8.25. The smallest absolute Gasteiger partial charge is 0.343 e. The van der Waals surface area contributed by atoms with Crippen molar-refractivity contribution in [1.82, 2.24) is 19.1 Å². The molecule has 17 heavy (non-hydrogen) atoms. The highest BCUT2D eigenvalue weighted by atomic mass is 15.4. The Balaban J connectivity index is 1.82. The average Bonchev–Trinajstić information content (AvgIpc) is 2.97. The molecule has 0 fully saturated rings. The van der Waals surface area contributed by atoms with E-state index in [1.807, 2.05) is 65.2 Å². The first-order valence-electron chi connectivity index (χ1n) is 5.30. The van der Waals surface area contributed by atoms with Crippen LogP contribution < -0.4 is 9.62 Å². The molecule has 2 aromatic rings.